The Bertz CT molecular complexity index is 1350. The highest BCUT2D eigenvalue weighted by atomic mass is 16.5. The van der Waals surface area contributed by atoms with Crippen LogP contribution in [0.3, 0.4) is 0 Å². The van der Waals surface area contributed by atoms with Gasteiger partial charge in [-0.05, 0) is 42.8 Å². The number of carbonyl (C=O) groups excluding carboxylic acids is 1. The first-order valence-corrected chi connectivity index (χ1v) is 10.0. The lowest BCUT2D eigenvalue weighted by Gasteiger charge is -2.10. The number of nitrogens with one attached hydrogen (secondary N) is 2. The summed E-state index contributed by atoms with van der Waals surface area (Å²) in [7, 11) is 0. The van der Waals surface area contributed by atoms with E-state index >= 15 is 0 Å². The smallest absolute Gasteiger partial charge is 0.255 e. The Morgan fingerprint density at radius 3 is 2.77 bits per heavy atom. The minimum Gasteiger partial charge on any atom is -0.486 e. The van der Waals surface area contributed by atoms with Gasteiger partial charge in [-0.2, -0.15) is 0 Å². The van der Waals surface area contributed by atoms with E-state index in [1.54, 1.807) is 12.1 Å². The van der Waals surface area contributed by atoms with Crippen molar-refractivity contribution in [3.63, 3.8) is 0 Å². The predicted octanol–water partition coefficient (Wildman–Crippen LogP) is 4.03. The van der Waals surface area contributed by atoms with E-state index in [-0.39, 0.29) is 12.5 Å². The highest BCUT2D eigenvalue weighted by molar-refractivity contribution is 5.96. The molecule has 0 radical (unpaired) electrons. The Morgan fingerprint density at radius 1 is 1.06 bits per heavy atom. The molecule has 0 aliphatic rings. The molecule has 0 aliphatic carbocycles. The first-order chi connectivity index (χ1) is 15.2. The Hall–Kier alpha value is -4.13. The van der Waals surface area contributed by atoms with Crippen LogP contribution in [0, 0.1) is 6.92 Å². The van der Waals surface area contributed by atoms with Gasteiger partial charge in [0, 0.05) is 12.4 Å². The zero-order chi connectivity index (χ0) is 21.2. The molecule has 0 spiro atoms. The molecule has 2 aromatic carbocycles. The molecule has 31 heavy (non-hydrogen) atoms. The number of nitrogens with zero attached hydrogens (tertiary/aromatic N) is 3. The van der Waals surface area contributed by atoms with Gasteiger partial charge in [-0.3, -0.25) is 4.79 Å². The molecule has 2 N–H and O–H groups in total. The lowest BCUT2D eigenvalue weighted by molar-refractivity contribution is 0.0945. The number of aromatic amines is 1. The van der Waals surface area contributed by atoms with Crippen LogP contribution in [0.5, 0.6) is 5.75 Å². The van der Waals surface area contributed by atoms with Gasteiger partial charge in [0.2, 0.25) is 0 Å². The molecular formula is C24H21N5O2. The molecule has 154 valence electrons. The zero-order valence-corrected chi connectivity index (χ0v) is 17.0. The fourth-order valence-corrected chi connectivity index (χ4v) is 3.55. The van der Waals surface area contributed by atoms with Gasteiger partial charge in [0.25, 0.3) is 5.91 Å². The van der Waals surface area contributed by atoms with Crippen LogP contribution in [-0.2, 0) is 13.2 Å². The van der Waals surface area contributed by atoms with Crippen molar-refractivity contribution in [2.24, 2.45) is 0 Å². The molecule has 0 aliphatic heterocycles. The maximum atomic E-state index is 12.8. The number of hydrogen-bond donors (Lipinski definition) is 2. The summed E-state index contributed by atoms with van der Waals surface area (Å²) in [6.07, 6.45) is 3.89. The normalized spacial score (nSPS) is 11.1. The molecular weight excluding hydrogens is 390 g/mol. The van der Waals surface area contributed by atoms with Crippen LogP contribution in [0.1, 0.15) is 27.4 Å². The number of imidazole rings is 2. The van der Waals surface area contributed by atoms with Crippen LogP contribution in [0.4, 0.5) is 0 Å². The lowest BCUT2D eigenvalue weighted by atomic mass is 10.2. The molecule has 5 aromatic rings. The number of aryl methyl sites for hydroxylation is 1. The fraction of sp³-hybridized carbons (Fsp3) is 0.125. The van der Waals surface area contributed by atoms with E-state index in [1.807, 2.05) is 72.2 Å². The Labute approximate surface area is 178 Å². The van der Waals surface area contributed by atoms with E-state index in [9.17, 15) is 4.79 Å². The van der Waals surface area contributed by atoms with Gasteiger partial charge in [0.15, 0.2) is 0 Å². The number of H-pyrrole nitrogens is 1. The van der Waals surface area contributed by atoms with Crippen molar-refractivity contribution in [1.82, 2.24) is 24.7 Å². The summed E-state index contributed by atoms with van der Waals surface area (Å²) < 4.78 is 7.93. The largest absolute Gasteiger partial charge is 0.486 e. The van der Waals surface area contributed by atoms with Gasteiger partial charge in [0.05, 0.1) is 28.8 Å². The van der Waals surface area contributed by atoms with Crippen molar-refractivity contribution < 1.29 is 9.53 Å². The molecule has 1 amide bonds. The number of fused-ring (bicyclic) bond motifs is 2. The van der Waals surface area contributed by atoms with Crippen molar-refractivity contribution in [2.75, 3.05) is 0 Å². The summed E-state index contributed by atoms with van der Waals surface area (Å²) in [6, 6.07) is 19.0. The second-order valence-corrected chi connectivity index (χ2v) is 7.32. The third-order valence-electron chi connectivity index (χ3n) is 5.09. The van der Waals surface area contributed by atoms with E-state index < -0.39 is 0 Å². The first-order valence-electron chi connectivity index (χ1n) is 10.0. The minimum absolute atomic E-state index is 0.220. The van der Waals surface area contributed by atoms with Crippen LogP contribution in [0.2, 0.25) is 0 Å². The summed E-state index contributed by atoms with van der Waals surface area (Å²) in [5, 5.41) is 2.91. The number of ether oxygens (including phenoxy) is 1. The average molecular weight is 411 g/mol. The van der Waals surface area contributed by atoms with Crippen LogP contribution in [0.15, 0.2) is 73.1 Å². The Kier molecular flexibility index (Phi) is 4.84. The van der Waals surface area contributed by atoms with Gasteiger partial charge < -0.3 is 19.4 Å². The van der Waals surface area contributed by atoms with Crippen molar-refractivity contribution in [3.8, 4) is 5.75 Å². The van der Waals surface area contributed by atoms with E-state index in [0.29, 0.717) is 23.7 Å². The Morgan fingerprint density at radius 2 is 1.90 bits per heavy atom. The van der Waals surface area contributed by atoms with Gasteiger partial charge in [-0.25, -0.2) is 9.97 Å². The highest BCUT2D eigenvalue weighted by Crippen LogP contribution is 2.20. The summed E-state index contributed by atoms with van der Waals surface area (Å²) in [5.41, 5.74) is 5.08. The maximum Gasteiger partial charge on any atom is 0.255 e. The molecule has 0 atom stereocenters. The molecule has 0 bridgehead atoms. The van der Waals surface area contributed by atoms with Gasteiger partial charge in [-0.15, -0.1) is 0 Å². The summed E-state index contributed by atoms with van der Waals surface area (Å²) in [6.45, 7) is 2.59. The molecule has 0 fully saturated rings. The molecule has 7 nitrogen and oxygen atoms in total. The standard InChI is InChI=1S/C24H21N5O2/c1-16-7-6-12-29-14-17(26-23(16)29)15-31-21-11-5-2-8-18(21)24(30)25-13-22-27-19-9-3-4-10-20(19)28-22/h2-12,14H,13,15H2,1H3,(H,25,30)(H,27,28). The molecule has 5 rings (SSSR count). The van der Waals surface area contributed by atoms with Crippen LogP contribution >= 0.6 is 0 Å². The van der Waals surface area contributed by atoms with Crippen LogP contribution < -0.4 is 10.1 Å². The number of carbonyl (C=O) groups is 1. The second kappa shape index (κ2) is 7.95. The topological polar surface area (TPSA) is 84.3 Å². The van der Waals surface area contributed by atoms with Crippen LogP contribution in [0.25, 0.3) is 16.7 Å². The SMILES string of the molecule is Cc1cccn2cc(COc3ccccc3C(=O)NCc3nc4ccccc4[nH]3)nc12. The van der Waals surface area contributed by atoms with E-state index in [0.717, 1.165) is 27.9 Å². The predicted molar refractivity (Wildman–Crippen MR) is 118 cm³/mol. The van der Waals surface area contributed by atoms with E-state index in [1.165, 1.54) is 0 Å². The van der Waals surface area contributed by atoms with Gasteiger partial charge in [0.1, 0.15) is 23.8 Å². The second-order valence-electron chi connectivity index (χ2n) is 7.32. The van der Waals surface area contributed by atoms with Crippen molar-refractivity contribution in [3.05, 3.63) is 95.7 Å². The quantitative estimate of drug-likeness (QED) is 0.442. The molecule has 3 aromatic heterocycles. The number of para-hydroxylation sites is 3. The van der Waals surface area contributed by atoms with E-state index in [4.69, 9.17) is 4.74 Å². The molecule has 0 saturated carbocycles. The summed E-state index contributed by atoms with van der Waals surface area (Å²) >= 11 is 0. The average Bonchev–Trinajstić information content (AvgIpc) is 3.40. The number of amides is 1. The monoisotopic (exact) mass is 411 g/mol. The number of hydrogen-bond acceptors (Lipinski definition) is 4. The van der Waals surface area contributed by atoms with Gasteiger partial charge >= 0.3 is 0 Å². The Balaban J connectivity index is 1.28. The number of aromatic nitrogens is 4. The summed E-state index contributed by atoms with van der Waals surface area (Å²) in [4.78, 5) is 25.1. The van der Waals surface area contributed by atoms with Crippen LogP contribution in [-0.4, -0.2) is 25.3 Å². The number of benzene rings is 2. The summed E-state index contributed by atoms with van der Waals surface area (Å²) in [5.74, 6) is 0.994. The third-order valence-corrected chi connectivity index (χ3v) is 5.09. The molecule has 3 heterocycles. The minimum atomic E-state index is -0.220. The van der Waals surface area contributed by atoms with E-state index in [2.05, 4.69) is 20.3 Å². The number of rotatable bonds is 6. The molecule has 0 saturated heterocycles. The number of pyridine rings is 1. The highest BCUT2D eigenvalue weighted by Gasteiger charge is 2.14. The third kappa shape index (κ3) is 3.85. The van der Waals surface area contributed by atoms with Gasteiger partial charge in [-0.1, -0.05) is 30.3 Å². The van der Waals surface area contributed by atoms with Crippen molar-refractivity contribution >= 4 is 22.6 Å². The molecule has 7 heteroatoms. The molecule has 0 unspecified atom stereocenters. The fourth-order valence-electron chi connectivity index (χ4n) is 3.55. The lowest BCUT2D eigenvalue weighted by Crippen LogP contribution is -2.24. The van der Waals surface area contributed by atoms with Crippen molar-refractivity contribution in [2.45, 2.75) is 20.1 Å². The van der Waals surface area contributed by atoms with Crippen molar-refractivity contribution in [1.29, 1.82) is 0 Å². The maximum absolute atomic E-state index is 12.8. The first kappa shape index (κ1) is 18.9. The zero-order valence-electron chi connectivity index (χ0n) is 17.0.